The van der Waals surface area contributed by atoms with Crippen LogP contribution in [0.5, 0.6) is 0 Å². The molecular weight excluding hydrogens is 286 g/mol. The summed E-state index contributed by atoms with van der Waals surface area (Å²) in [5, 5.41) is 11.5. The van der Waals surface area contributed by atoms with Gasteiger partial charge in [-0.25, -0.2) is 4.79 Å². The third-order valence-electron chi connectivity index (χ3n) is 3.20. The molecule has 1 aliphatic heterocycles. The summed E-state index contributed by atoms with van der Waals surface area (Å²) in [5.41, 5.74) is 1.24. The Balaban J connectivity index is 1.71. The van der Waals surface area contributed by atoms with Gasteiger partial charge in [0.2, 0.25) is 0 Å². The Morgan fingerprint density at radius 3 is 2.86 bits per heavy atom. The second kappa shape index (κ2) is 5.94. The highest BCUT2D eigenvalue weighted by Gasteiger charge is 2.32. The molecule has 1 aromatic heterocycles. The third kappa shape index (κ3) is 2.88. The van der Waals surface area contributed by atoms with Gasteiger partial charge in [0.15, 0.2) is 0 Å². The van der Waals surface area contributed by atoms with Gasteiger partial charge in [-0.1, -0.05) is 0 Å². The fourth-order valence-corrected chi connectivity index (χ4v) is 3.37. The Bertz CT molecular complexity index is 661. The van der Waals surface area contributed by atoms with Crippen LogP contribution in [0.2, 0.25) is 0 Å². The lowest BCUT2D eigenvalue weighted by Crippen LogP contribution is -2.34. The molecule has 1 unspecified atom stereocenters. The molecule has 0 saturated carbocycles. The van der Waals surface area contributed by atoms with Gasteiger partial charge >= 0.3 is 6.03 Å². The second-order valence-corrected chi connectivity index (χ2v) is 5.74. The molecule has 6 heteroatoms. The maximum atomic E-state index is 12.4. The molecule has 1 N–H and O–H groups in total. The molecule has 1 saturated heterocycles. The lowest BCUT2D eigenvalue weighted by molar-refractivity contribution is 0.210. The Morgan fingerprint density at radius 2 is 2.19 bits per heavy atom. The molecule has 0 bridgehead atoms. The van der Waals surface area contributed by atoms with E-state index in [0.717, 1.165) is 11.5 Å². The number of rotatable bonds is 2. The van der Waals surface area contributed by atoms with E-state index in [1.807, 2.05) is 18.2 Å². The van der Waals surface area contributed by atoms with Crippen molar-refractivity contribution in [1.29, 1.82) is 5.26 Å². The summed E-state index contributed by atoms with van der Waals surface area (Å²) >= 11 is 1.68. The molecule has 0 aliphatic carbocycles. The van der Waals surface area contributed by atoms with E-state index in [1.54, 1.807) is 47.2 Å². The fraction of sp³-hybridized carbons (Fsp3) is 0.200. The topological polar surface area (TPSA) is 69.3 Å². The average molecular weight is 299 g/mol. The van der Waals surface area contributed by atoms with Crippen molar-refractivity contribution >= 4 is 23.5 Å². The molecule has 5 nitrogen and oxygen atoms in total. The lowest BCUT2D eigenvalue weighted by atomic mass is 10.2. The smallest absolute Gasteiger partial charge is 0.323 e. The summed E-state index contributed by atoms with van der Waals surface area (Å²) in [4.78, 5) is 14.1. The number of nitrogens with zero attached hydrogens (tertiary/aromatic N) is 2. The predicted octanol–water partition coefficient (Wildman–Crippen LogP) is 3.43. The van der Waals surface area contributed by atoms with Crippen LogP contribution in [0.4, 0.5) is 10.5 Å². The molecule has 2 aromatic rings. The van der Waals surface area contributed by atoms with Crippen molar-refractivity contribution in [1.82, 2.24) is 4.90 Å². The van der Waals surface area contributed by atoms with Gasteiger partial charge in [0, 0.05) is 18.0 Å². The monoisotopic (exact) mass is 299 g/mol. The van der Waals surface area contributed by atoms with Crippen LogP contribution in [0.3, 0.4) is 0 Å². The number of nitriles is 1. The van der Waals surface area contributed by atoms with Gasteiger partial charge in [-0.3, -0.25) is 0 Å². The van der Waals surface area contributed by atoms with Crippen molar-refractivity contribution in [2.75, 3.05) is 17.6 Å². The van der Waals surface area contributed by atoms with Crippen molar-refractivity contribution in [2.45, 2.75) is 5.37 Å². The maximum Gasteiger partial charge on any atom is 0.323 e. The van der Waals surface area contributed by atoms with E-state index in [2.05, 4.69) is 5.32 Å². The first kappa shape index (κ1) is 13.6. The van der Waals surface area contributed by atoms with Gasteiger partial charge in [-0.05, 0) is 36.4 Å². The van der Waals surface area contributed by atoms with E-state index in [4.69, 9.17) is 9.68 Å². The number of hydrogen-bond acceptors (Lipinski definition) is 4. The molecule has 0 spiro atoms. The number of nitrogens with one attached hydrogen (secondary N) is 1. The summed E-state index contributed by atoms with van der Waals surface area (Å²) < 4.78 is 5.40. The van der Waals surface area contributed by atoms with Crippen molar-refractivity contribution in [2.24, 2.45) is 0 Å². The standard InChI is InChI=1S/C15H13N3O2S/c16-10-11-3-5-12(6-4-11)17-15(19)18-7-9-21-14(18)13-2-1-8-20-13/h1-6,8,14H,7,9H2,(H,17,19). The minimum atomic E-state index is -0.161. The first-order valence-electron chi connectivity index (χ1n) is 6.51. The van der Waals surface area contributed by atoms with Gasteiger partial charge in [-0.15, -0.1) is 11.8 Å². The van der Waals surface area contributed by atoms with E-state index >= 15 is 0 Å². The van der Waals surface area contributed by atoms with Crippen LogP contribution in [0, 0.1) is 11.3 Å². The molecule has 2 heterocycles. The number of amides is 2. The number of carbonyl (C=O) groups excluding carboxylic acids is 1. The zero-order chi connectivity index (χ0) is 14.7. The average Bonchev–Trinajstić information content (AvgIpc) is 3.18. The zero-order valence-corrected chi connectivity index (χ0v) is 12.0. The molecule has 1 fully saturated rings. The first-order chi connectivity index (χ1) is 10.3. The van der Waals surface area contributed by atoms with Gasteiger partial charge in [0.05, 0.1) is 17.9 Å². The van der Waals surface area contributed by atoms with Crippen LogP contribution < -0.4 is 5.32 Å². The quantitative estimate of drug-likeness (QED) is 0.922. The third-order valence-corrected chi connectivity index (χ3v) is 4.42. The van der Waals surface area contributed by atoms with Crippen molar-refractivity contribution in [3.05, 3.63) is 54.0 Å². The van der Waals surface area contributed by atoms with Gasteiger partial charge < -0.3 is 14.6 Å². The number of urea groups is 1. The molecule has 1 aliphatic rings. The van der Waals surface area contributed by atoms with Crippen molar-refractivity contribution in [3.63, 3.8) is 0 Å². The molecule has 1 aromatic carbocycles. The van der Waals surface area contributed by atoms with E-state index in [9.17, 15) is 4.79 Å². The van der Waals surface area contributed by atoms with Crippen molar-refractivity contribution < 1.29 is 9.21 Å². The summed E-state index contributed by atoms with van der Waals surface area (Å²) in [6.45, 7) is 0.679. The van der Waals surface area contributed by atoms with Crippen LogP contribution in [-0.4, -0.2) is 23.2 Å². The molecule has 3 rings (SSSR count). The molecular formula is C15H13N3O2S. The largest absolute Gasteiger partial charge is 0.466 e. The highest BCUT2D eigenvalue weighted by molar-refractivity contribution is 7.99. The van der Waals surface area contributed by atoms with E-state index in [-0.39, 0.29) is 11.4 Å². The fourth-order valence-electron chi connectivity index (χ4n) is 2.17. The summed E-state index contributed by atoms with van der Waals surface area (Å²) in [5.74, 6) is 1.67. The molecule has 21 heavy (non-hydrogen) atoms. The summed E-state index contributed by atoms with van der Waals surface area (Å²) in [6, 6.07) is 12.4. The zero-order valence-electron chi connectivity index (χ0n) is 11.2. The van der Waals surface area contributed by atoms with E-state index < -0.39 is 0 Å². The van der Waals surface area contributed by atoms with Crippen LogP contribution in [0.25, 0.3) is 0 Å². The number of benzene rings is 1. The summed E-state index contributed by atoms with van der Waals surface area (Å²) in [7, 11) is 0. The Kier molecular flexibility index (Phi) is 3.84. The van der Waals surface area contributed by atoms with E-state index in [1.165, 1.54) is 0 Å². The Labute approximate surface area is 126 Å². The van der Waals surface area contributed by atoms with E-state index in [0.29, 0.717) is 17.8 Å². The molecule has 106 valence electrons. The van der Waals surface area contributed by atoms with Crippen LogP contribution >= 0.6 is 11.8 Å². The van der Waals surface area contributed by atoms with Crippen LogP contribution in [0.15, 0.2) is 47.1 Å². The van der Waals surface area contributed by atoms with Gasteiger partial charge in [0.25, 0.3) is 0 Å². The van der Waals surface area contributed by atoms with Crippen molar-refractivity contribution in [3.8, 4) is 6.07 Å². The summed E-state index contributed by atoms with van der Waals surface area (Å²) in [6.07, 6.45) is 1.62. The Morgan fingerprint density at radius 1 is 1.38 bits per heavy atom. The minimum absolute atomic E-state index is 0.0848. The van der Waals surface area contributed by atoms with Crippen LogP contribution in [-0.2, 0) is 0 Å². The number of carbonyl (C=O) groups is 1. The van der Waals surface area contributed by atoms with Crippen LogP contribution in [0.1, 0.15) is 16.7 Å². The number of thioether (sulfide) groups is 1. The first-order valence-corrected chi connectivity index (χ1v) is 7.55. The second-order valence-electron chi connectivity index (χ2n) is 4.55. The minimum Gasteiger partial charge on any atom is -0.466 e. The maximum absolute atomic E-state index is 12.4. The van der Waals surface area contributed by atoms with Gasteiger partial charge in [0.1, 0.15) is 11.1 Å². The molecule has 0 radical (unpaired) electrons. The van der Waals surface area contributed by atoms with Gasteiger partial charge in [-0.2, -0.15) is 5.26 Å². The predicted molar refractivity (Wildman–Crippen MR) is 80.8 cm³/mol. The SMILES string of the molecule is N#Cc1ccc(NC(=O)N2CCSC2c2ccco2)cc1. The highest BCUT2D eigenvalue weighted by atomic mass is 32.2. The number of furan rings is 1. The highest BCUT2D eigenvalue weighted by Crippen LogP contribution is 2.38. The normalized spacial score (nSPS) is 17.5. The number of anilines is 1. The number of hydrogen-bond donors (Lipinski definition) is 1. The molecule has 2 amide bonds. The Hall–Kier alpha value is -2.39. The molecule has 1 atom stereocenters. The lowest BCUT2D eigenvalue weighted by Gasteiger charge is -2.22.